The van der Waals surface area contributed by atoms with Crippen molar-refractivity contribution in [2.75, 3.05) is 19.7 Å². The van der Waals surface area contributed by atoms with Gasteiger partial charge in [0.1, 0.15) is 0 Å². The summed E-state index contributed by atoms with van der Waals surface area (Å²) < 4.78 is 7.51. The molecule has 1 aromatic rings. The normalized spacial score (nSPS) is 29.7. The summed E-state index contributed by atoms with van der Waals surface area (Å²) in [6.07, 6.45) is 9.89. The maximum atomic E-state index is 12.3. The molecular weight excluding hydrogens is 304 g/mol. The Morgan fingerprint density at radius 3 is 3.04 bits per heavy atom. The summed E-state index contributed by atoms with van der Waals surface area (Å²) >= 11 is 0. The van der Waals surface area contributed by atoms with Crippen LogP contribution in [0.1, 0.15) is 37.8 Å². The van der Waals surface area contributed by atoms with Crippen molar-refractivity contribution < 1.29 is 9.53 Å². The van der Waals surface area contributed by atoms with Gasteiger partial charge in [-0.25, -0.2) is 0 Å². The summed E-state index contributed by atoms with van der Waals surface area (Å²) in [4.78, 5) is 14.7. The standard InChI is InChI=1S/C18H26N4O2/c1-21-17(6-7-20-21)13-9-14-4-5-15(10-13)22(14)12-18(23)19-11-16-3-2-8-24-16/h6-7,9,14-16H,2-5,8,10-12H2,1H3,(H,19,23). The van der Waals surface area contributed by atoms with Crippen LogP contribution < -0.4 is 5.32 Å². The van der Waals surface area contributed by atoms with E-state index in [1.807, 2.05) is 17.9 Å². The predicted octanol–water partition coefficient (Wildman–Crippen LogP) is 1.34. The molecule has 2 saturated heterocycles. The van der Waals surface area contributed by atoms with Crippen molar-refractivity contribution in [1.82, 2.24) is 20.0 Å². The molecule has 6 nitrogen and oxygen atoms in total. The fraction of sp³-hybridized carbons (Fsp3) is 0.667. The third kappa shape index (κ3) is 3.13. The number of hydrogen-bond donors (Lipinski definition) is 1. The second-order valence-corrected chi connectivity index (χ2v) is 7.15. The lowest BCUT2D eigenvalue weighted by atomic mass is 9.98. The number of rotatable bonds is 5. The van der Waals surface area contributed by atoms with Gasteiger partial charge in [-0.05, 0) is 43.7 Å². The molecule has 1 N–H and O–H groups in total. The SMILES string of the molecule is Cn1nccc1C1=CC2CCC(C1)N2CC(=O)NCC1CCCO1. The zero-order valence-corrected chi connectivity index (χ0v) is 14.3. The lowest BCUT2D eigenvalue weighted by Gasteiger charge is -2.33. The number of aryl methyl sites for hydroxylation is 1. The Labute approximate surface area is 142 Å². The number of ether oxygens (including phenoxy) is 1. The first-order valence-electron chi connectivity index (χ1n) is 9.04. The van der Waals surface area contributed by atoms with Gasteiger partial charge in [0, 0.05) is 38.5 Å². The highest BCUT2D eigenvalue weighted by molar-refractivity contribution is 5.78. The Kier molecular flexibility index (Phi) is 4.41. The zero-order chi connectivity index (χ0) is 16.5. The van der Waals surface area contributed by atoms with Gasteiger partial charge < -0.3 is 10.1 Å². The van der Waals surface area contributed by atoms with Gasteiger partial charge in [0.2, 0.25) is 5.91 Å². The van der Waals surface area contributed by atoms with Gasteiger partial charge in [-0.15, -0.1) is 0 Å². The summed E-state index contributed by atoms with van der Waals surface area (Å²) in [5.74, 6) is 0.125. The number of nitrogens with zero attached hydrogens (tertiary/aromatic N) is 3. The van der Waals surface area contributed by atoms with Gasteiger partial charge in [0.25, 0.3) is 0 Å². The van der Waals surface area contributed by atoms with Crippen LogP contribution in [0.4, 0.5) is 0 Å². The highest BCUT2D eigenvalue weighted by Gasteiger charge is 2.38. The molecule has 0 saturated carbocycles. The lowest BCUT2D eigenvalue weighted by molar-refractivity contribution is -0.123. The highest BCUT2D eigenvalue weighted by Crippen LogP contribution is 2.38. The molecule has 3 aliphatic rings. The van der Waals surface area contributed by atoms with Crippen molar-refractivity contribution >= 4 is 11.5 Å². The van der Waals surface area contributed by atoms with E-state index >= 15 is 0 Å². The summed E-state index contributed by atoms with van der Waals surface area (Å²) in [5, 5.41) is 7.33. The van der Waals surface area contributed by atoms with Crippen LogP contribution in [0.5, 0.6) is 0 Å². The summed E-state index contributed by atoms with van der Waals surface area (Å²) in [5.41, 5.74) is 2.58. The van der Waals surface area contributed by atoms with Crippen LogP contribution in [0, 0.1) is 0 Å². The number of amides is 1. The van der Waals surface area contributed by atoms with E-state index in [1.54, 1.807) is 0 Å². The Hall–Kier alpha value is -1.66. The molecule has 3 aliphatic heterocycles. The minimum absolute atomic E-state index is 0.125. The quantitative estimate of drug-likeness (QED) is 0.885. The first-order valence-corrected chi connectivity index (χ1v) is 9.04. The predicted molar refractivity (Wildman–Crippen MR) is 91.3 cm³/mol. The van der Waals surface area contributed by atoms with E-state index < -0.39 is 0 Å². The van der Waals surface area contributed by atoms with E-state index in [-0.39, 0.29) is 12.0 Å². The van der Waals surface area contributed by atoms with Gasteiger partial charge in [-0.1, -0.05) is 6.08 Å². The van der Waals surface area contributed by atoms with Crippen molar-refractivity contribution in [3.63, 3.8) is 0 Å². The van der Waals surface area contributed by atoms with E-state index in [2.05, 4.69) is 27.5 Å². The summed E-state index contributed by atoms with van der Waals surface area (Å²) in [7, 11) is 1.99. The number of fused-ring (bicyclic) bond motifs is 2. The van der Waals surface area contributed by atoms with Gasteiger partial charge >= 0.3 is 0 Å². The van der Waals surface area contributed by atoms with Crippen LogP contribution in [0.3, 0.4) is 0 Å². The molecule has 4 heterocycles. The molecule has 1 amide bonds. The average Bonchev–Trinajstić information content (AvgIpc) is 3.27. The second kappa shape index (κ2) is 6.69. The van der Waals surface area contributed by atoms with Crippen LogP contribution in [-0.2, 0) is 16.6 Å². The Morgan fingerprint density at radius 1 is 1.42 bits per heavy atom. The number of hydrogen-bond acceptors (Lipinski definition) is 4. The van der Waals surface area contributed by atoms with Crippen molar-refractivity contribution in [2.24, 2.45) is 7.05 Å². The molecule has 130 valence electrons. The molecule has 24 heavy (non-hydrogen) atoms. The van der Waals surface area contributed by atoms with Crippen LogP contribution in [0.25, 0.3) is 5.57 Å². The summed E-state index contributed by atoms with van der Waals surface area (Å²) in [6, 6.07) is 2.93. The van der Waals surface area contributed by atoms with Crippen LogP contribution in [0.2, 0.25) is 0 Å². The summed E-state index contributed by atoms with van der Waals surface area (Å²) in [6.45, 7) is 1.98. The van der Waals surface area contributed by atoms with Gasteiger partial charge in [0.05, 0.1) is 18.3 Å². The third-order valence-electron chi connectivity index (χ3n) is 5.57. The number of carbonyl (C=O) groups is 1. The molecule has 4 rings (SSSR count). The molecule has 2 bridgehead atoms. The fourth-order valence-electron chi connectivity index (χ4n) is 4.30. The average molecular weight is 330 g/mol. The number of nitrogens with one attached hydrogen (secondary N) is 1. The van der Waals surface area contributed by atoms with Gasteiger partial charge in [0.15, 0.2) is 0 Å². The monoisotopic (exact) mass is 330 g/mol. The fourth-order valence-corrected chi connectivity index (χ4v) is 4.30. The van der Waals surface area contributed by atoms with Crippen molar-refractivity contribution in [2.45, 2.75) is 50.3 Å². The smallest absolute Gasteiger partial charge is 0.234 e. The van der Waals surface area contributed by atoms with E-state index in [1.165, 1.54) is 17.7 Å². The molecule has 0 spiro atoms. The molecule has 3 unspecified atom stereocenters. The molecule has 2 fully saturated rings. The largest absolute Gasteiger partial charge is 0.376 e. The molecule has 3 atom stereocenters. The number of carbonyl (C=O) groups excluding carboxylic acids is 1. The van der Waals surface area contributed by atoms with E-state index in [0.29, 0.717) is 25.2 Å². The van der Waals surface area contributed by atoms with Gasteiger partial charge in [-0.3, -0.25) is 14.4 Å². The molecule has 1 aromatic heterocycles. The van der Waals surface area contributed by atoms with Gasteiger partial charge in [-0.2, -0.15) is 5.10 Å². The molecular formula is C18H26N4O2. The molecule has 6 heteroatoms. The van der Waals surface area contributed by atoms with Crippen LogP contribution in [0.15, 0.2) is 18.3 Å². The first kappa shape index (κ1) is 15.8. The lowest BCUT2D eigenvalue weighted by Crippen LogP contribution is -2.46. The topological polar surface area (TPSA) is 59.4 Å². The molecule has 0 radical (unpaired) electrons. The number of aromatic nitrogens is 2. The second-order valence-electron chi connectivity index (χ2n) is 7.15. The zero-order valence-electron chi connectivity index (χ0n) is 14.3. The van der Waals surface area contributed by atoms with Crippen LogP contribution >= 0.6 is 0 Å². The van der Waals surface area contributed by atoms with Crippen molar-refractivity contribution in [1.29, 1.82) is 0 Å². The van der Waals surface area contributed by atoms with Crippen LogP contribution in [-0.4, -0.2) is 58.5 Å². The van der Waals surface area contributed by atoms with E-state index in [0.717, 1.165) is 32.3 Å². The Balaban J connectivity index is 1.36. The van der Waals surface area contributed by atoms with Crippen molar-refractivity contribution in [3.8, 4) is 0 Å². The highest BCUT2D eigenvalue weighted by atomic mass is 16.5. The maximum absolute atomic E-state index is 12.3. The maximum Gasteiger partial charge on any atom is 0.234 e. The molecule has 0 aliphatic carbocycles. The van der Waals surface area contributed by atoms with E-state index in [9.17, 15) is 4.79 Å². The van der Waals surface area contributed by atoms with E-state index in [4.69, 9.17) is 4.74 Å². The molecule has 0 aromatic carbocycles. The first-order chi connectivity index (χ1) is 11.7. The minimum Gasteiger partial charge on any atom is -0.376 e. The Bertz CT molecular complexity index is 633. The van der Waals surface area contributed by atoms with Crippen molar-refractivity contribution in [3.05, 3.63) is 24.0 Å². The Morgan fingerprint density at radius 2 is 2.33 bits per heavy atom. The minimum atomic E-state index is 0.125. The third-order valence-corrected chi connectivity index (χ3v) is 5.57.